The zero-order chi connectivity index (χ0) is 18.1. The summed E-state index contributed by atoms with van der Waals surface area (Å²) >= 11 is 0. The van der Waals surface area contributed by atoms with Crippen LogP contribution in [0.4, 0.5) is 4.39 Å². The normalized spacial score (nSPS) is 15.2. The number of likely N-dealkylation sites (N-methyl/N-ethyl adjacent to an activating group) is 1. The Kier molecular flexibility index (Phi) is 4.72. The Morgan fingerprint density at radius 1 is 1.12 bits per heavy atom. The standard InChI is InChI=1S/C21H25FN4/c1-15-3-4-19-18(11-15)17-6-8-25(2)9-7-20(17)26(19)10-5-16-13-23-21(12-22)24-14-16/h3-4,11,13-14H,5-10,12H2,1-2H3. The molecule has 0 radical (unpaired) electrons. The van der Waals surface area contributed by atoms with E-state index < -0.39 is 6.67 Å². The predicted octanol–water partition coefficient (Wildman–Crippen LogP) is 3.48. The molecule has 5 heteroatoms. The summed E-state index contributed by atoms with van der Waals surface area (Å²) in [4.78, 5) is 10.6. The quantitative estimate of drug-likeness (QED) is 0.721. The van der Waals surface area contributed by atoms with E-state index in [-0.39, 0.29) is 5.82 Å². The molecular weight excluding hydrogens is 327 g/mol. The minimum atomic E-state index is -0.608. The average Bonchev–Trinajstić information content (AvgIpc) is 2.80. The van der Waals surface area contributed by atoms with Crippen LogP contribution in [-0.4, -0.2) is 39.6 Å². The van der Waals surface area contributed by atoms with Crippen molar-refractivity contribution < 1.29 is 4.39 Å². The first-order valence-corrected chi connectivity index (χ1v) is 9.30. The molecule has 136 valence electrons. The van der Waals surface area contributed by atoms with E-state index in [0.717, 1.165) is 44.5 Å². The van der Waals surface area contributed by atoms with Crippen LogP contribution in [0, 0.1) is 6.92 Å². The maximum atomic E-state index is 12.6. The van der Waals surface area contributed by atoms with Crippen LogP contribution in [0.2, 0.25) is 0 Å². The third-order valence-electron chi connectivity index (χ3n) is 5.42. The Hall–Kier alpha value is -2.27. The highest BCUT2D eigenvalue weighted by Crippen LogP contribution is 2.30. The largest absolute Gasteiger partial charge is 0.344 e. The van der Waals surface area contributed by atoms with Gasteiger partial charge in [-0.15, -0.1) is 0 Å². The van der Waals surface area contributed by atoms with Gasteiger partial charge in [-0.1, -0.05) is 11.6 Å². The van der Waals surface area contributed by atoms with E-state index in [0.29, 0.717) is 0 Å². The minimum absolute atomic E-state index is 0.257. The fourth-order valence-corrected chi connectivity index (χ4v) is 3.94. The van der Waals surface area contributed by atoms with Crippen molar-refractivity contribution in [3.63, 3.8) is 0 Å². The smallest absolute Gasteiger partial charge is 0.159 e. The second-order valence-corrected chi connectivity index (χ2v) is 7.29. The van der Waals surface area contributed by atoms with Crippen molar-refractivity contribution in [3.8, 4) is 0 Å². The number of alkyl halides is 1. The number of fused-ring (bicyclic) bond motifs is 3. The molecule has 0 fully saturated rings. The molecular formula is C21H25FN4. The number of nitrogens with zero attached hydrogens (tertiary/aromatic N) is 4. The number of hydrogen-bond acceptors (Lipinski definition) is 3. The average molecular weight is 352 g/mol. The molecule has 0 spiro atoms. The molecule has 0 saturated carbocycles. The lowest BCUT2D eigenvalue weighted by atomic mass is 10.1. The van der Waals surface area contributed by atoms with E-state index in [1.54, 1.807) is 12.4 Å². The van der Waals surface area contributed by atoms with Crippen LogP contribution in [0.3, 0.4) is 0 Å². The highest BCUT2D eigenvalue weighted by Gasteiger charge is 2.20. The van der Waals surface area contributed by atoms with Gasteiger partial charge in [0.2, 0.25) is 0 Å². The Morgan fingerprint density at radius 2 is 1.88 bits per heavy atom. The van der Waals surface area contributed by atoms with Gasteiger partial charge in [0.05, 0.1) is 0 Å². The second-order valence-electron chi connectivity index (χ2n) is 7.29. The van der Waals surface area contributed by atoms with E-state index in [1.165, 1.54) is 27.7 Å². The SMILES string of the molecule is Cc1ccc2c(c1)c1c(n2CCc2cnc(CF)nc2)CCN(C)CC1. The van der Waals surface area contributed by atoms with Crippen LogP contribution in [0.25, 0.3) is 10.9 Å². The van der Waals surface area contributed by atoms with Gasteiger partial charge in [-0.3, -0.25) is 0 Å². The van der Waals surface area contributed by atoms with Gasteiger partial charge in [0.15, 0.2) is 5.82 Å². The van der Waals surface area contributed by atoms with Gasteiger partial charge in [-0.2, -0.15) is 0 Å². The topological polar surface area (TPSA) is 34.0 Å². The van der Waals surface area contributed by atoms with Crippen molar-refractivity contribution in [3.05, 3.63) is 58.8 Å². The van der Waals surface area contributed by atoms with E-state index in [9.17, 15) is 4.39 Å². The molecule has 2 aromatic heterocycles. The maximum absolute atomic E-state index is 12.6. The first kappa shape index (κ1) is 17.2. The monoisotopic (exact) mass is 352 g/mol. The maximum Gasteiger partial charge on any atom is 0.159 e. The van der Waals surface area contributed by atoms with E-state index in [4.69, 9.17) is 0 Å². The molecule has 0 amide bonds. The fourth-order valence-electron chi connectivity index (χ4n) is 3.94. The molecule has 0 bridgehead atoms. The van der Waals surface area contributed by atoms with Crippen LogP contribution in [0.15, 0.2) is 30.6 Å². The molecule has 0 N–H and O–H groups in total. The van der Waals surface area contributed by atoms with Crippen LogP contribution < -0.4 is 0 Å². The first-order valence-electron chi connectivity index (χ1n) is 9.30. The van der Waals surface area contributed by atoms with Crippen molar-refractivity contribution >= 4 is 10.9 Å². The van der Waals surface area contributed by atoms with Gasteiger partial charge >= 0.3 is 0 Å². The Bertz CT molecular complexity index is 914. The fraction of sp³-hybridized carbons (Fsp3) is 0.429. The van der Waals surface area contributed by atoms with Crippen molar-refractivity contribution in [1.82, 2.24) is 19.4 Å². The van der Waals surface area contributed by atoms with Crippen molar-refractivity contribution in [2.75, 3.05) is 20.1 Å². The molecule has 0 unspecified atom stereocenters. The lowest BCUT2D eigenvalue weighted by Gasteiger charge is -2.14. The van der Waals surface area contributed by atoms with Crippen molar-refractivity contribution in [2.45, 2.75) is 39.4 Å². The van der Waals surface area contributed by atoms with Crippen LogP contribution >= 0.6 is 0 Å². The number of aromatic nitrogens is 3. The lowest BCUT2D eigenvalue weighted by Crippen LogP contribution is -2.21. The molecule has 1 aliphatic heterocycles. The highest BCUT2D eigenvalue weighted by atomic mass is 19.1. The molecule has 3 heterocycles. The molecule has 1 aromatic carbocycles. The second kappa shape index (κ2) is 7.16. The molecule has 26 heavy (non-hydrogen) atoms. The summed E-state index contributed by atoms with van der Waals surface area (Å²) in [6.07, 6.45) is 6.55. The lowest BCUT2D eigenvalue weighted by molar-refractivity contribution is 0.351. The van der Waals surface area contributed by atoms with Gasteiger partial charge in [-0.25, -0.2) is 14.4 Å². The van der Waals surface area contributed by atoms with Crippen molar-refractivity contribution in [2.24, 2.45) is 0 Å². The number of rotatable bonds is 4. The predicted molar refractivity (Wildman–Crippen MR) is 102 cm³/mol. The summed E-state index contributed by atoms with van der Waals surface area (Å²) in [5.74, 6) is 0.257. The third-order valence-corrected chi connectivity index (χ3v) is 5.42. The van der Waals surface area contributed by atoms with Gasteiger partial charge in [-0.05, 0) is 50.1 Å². The molecule has 1 aliphatic rings. The summed E-state index contributed by atoms with van der Waals surface area (Å²) in [6, 6.07) is 6.78. The zero-order valence-electron chi connectivity index (χ0n) is 15.5. The van der Waals surface area contributed by atoms with Crippen LogP contribution in [-0.2, 0) is 32.5 Å². The van der Waals surface area contributed by atoms with E-state index >= 15 is 0 Å². The number of hydrogen-bond donors (Lipinski definition) is 0. The van der Waals surface area contributed by atoms with E-state index in [2.05, 4.69) is 51.6 Å². The number of aryl methyl sites for hydroxylation is 3. The minimum Gasteiger partial charge on any atom is -0.344 e. The molecule has 3 aromatic rings. The zero-order valence-corrected chi connectivity index (χ0v) is 15.5. The summed E-state index contributed by atoms with van der Waals surface area (Å²) in [7, 11) is 2.20. The highest BCUT2D eigenvalue weighted by molar-refractivity contribution is 5.86. The Labute approximate surface area is 153 Å². The summed E-state index contributed by atoms with van der Waals surface area (Å²) in [6.45, 7) is 4.66. The van der Waals surface area contributed by atoms with Crippen molar-refractivity contribution in [1.29, 1.82) is 0 Å². The Morgan fingerprint density at radius 3 is 2.65 bits per heavy atom. The van der Waals surface area contributed by atoms with Gasteiger partial charge < -0.3 is 9.47 Å². The molecule has 4 nitrogen and oxygen atoms in total. The van der Waals surface area contributed by atoms with Gasteiger partial charge in [0.1, 0.15) is 6.67 Å². The molecule has 4 rings (SSSR count). The summed E-state index contributed by atoms with van der Waals surface area (Å²) < 4.78 is 15.1. The first-order chi connectivity index (χ1) is 12.7. The molecule has 0 aliphatic carbocycles. The van der Waals surface area contributed by atoms with Crippen LogP contribution in [0.5, 0.6) is 0 Å². The summed E-state index contributed by atoms with van der Waals surface area (Å²) in [5.41, 5.74) is 6.67. The molecule has 0 saturated heterocycles. The molecule has 0 atom stereocenters. The van der Waals surface area contributed by atoms with Crippen LogP contribution in [0.1, 0.15) is 28.2 Å². The van der Waals surface area contributed by atoms with E-state index in [1.807, 2.05) is 0 Å². The third kappa shape index (κ3) is 3.23. The number of benzene rings is 1. The van der Waals surface area contributed by atoms with Gasteiger partial charge in [0, 0.05) is 55.0 Å². The Balaban J connectivity index is 1.69. The van der Waals surface area contributed by atoms with Gasteiger partial charge in [0.25, 0.3) is 0 Å². The summed E-state index contributed by atoms with van der Waals surface area (Å²) in [5, 5.41) is 1.40. The number of halogens is 1.